The molecule has 20 heavy (non-hydrogen) atoms. The maximum Gasteiger partial charge on any atom is 0.255 e. The first-order valence-electron chi connectivity index (χ1n) is 6.14. The molecule has 3 rings (SSSR count). The molecule has 3 aromatic rings. The Hall–Kier alpha value is -2.33. The predicted molar refractivity (Wildman–Crippen MR) is 79.3 cm³/mol. The van der Waals surface area contributed by atoms with Crippen LogP contribution in [0.5, 0.6) is 0 Å². The van der Waals surface area contributed by atoms with E-state index in [0.29, 0.717) is 16.3 Å². The Morgan fingerprint density at radius 3 is 2.95 bits per heavy atom. The average molecular weight is 286 g/mol. The first-order chi connectivity index (χ1) is 9.61. The van der Waals surface area contributed by atoms with Crippen LogP contribution in [0.2, 0.25) is 5.02 Å². The fourth-order valence-electron chi connectivity index (χ4n) is 2.02. The van der Waals surface area contributed by atoms with Crippen LogP contribution in [-0.2, 0) is 0 Å². The predicted octanol–water partition coefficient (Wildman–Crippen LogP) is 3.55. The molecule has 0 atom stereocenters. The number of anilines is 1. The van der Waals surface area contributed by atoms with Crippen molar-refractivity contribution in [3.05, 3.63) is 65.1 Å². The Balaban J connectivity index is 1.88. The SMILES string of the molecule is Cc1cn2ccc(C(=O)Nc3cccc(Cl)c3)cc2n1. The van der Waals surface area contributed by atoms with Crippen LogP contribution in [0.1, 0.15) is 16.1 Å². The minimum Gasteiger partial charge on any atom is -0.322 e. The fourth-order valence-corrected chi connectivity index (χ4v) is 2.21. The quantitative estimate of drug-likeness (QED) is 0.783. The van der Waals surface area contributed by atoms with E-state index < -0.39 is 0 Å². The lowest BCUT2D eigenvalue weighted by molar-refractivity contribution is 0.102. The van der Waals surface area contributed by atoms with Crippen molar-refractivity contribution in [3.8, 4) is 0 Å². The Labute approximate surface area is 121 Å². The number of benzene rings is 1. The molecule has 1 aromatic carbocycles. The fraction of sp³-hybridized carbons (Fsp3) is 0.0667. The standard InChI is InChI=1S/C15H12ClN3O/c1-10-9-19-6-5-11(7-14(19)17-10)15(20)18-13-4-2-3-12(16)8-13/h2-9H,1H3,(H,18,20). The van der Waals surface area contributed by atoms with Crippen LogP contribution in [0, 0.1) is 6.92 Å². The van der Waals surface area contributed by atoms with Gasteiger partial charge in [0.2, 0.25) is 0 Å². The van der Waals surface area contributed by atoms with Gasteiger partial charge in [-0.25, -0.2) is 4.98 Å². The van der Waals surface area contributed by atoms with Gasteiger partial charge >= 0.3 is 0 Å². The number of carbonyl (C=O) groups excluding carboxylic acids is 1. The maximum atomic E-state index is 12.2. The highest BCUT2D eigenvalue weighted by Gasteiger charge is 2.08. The summed E-state index contributed by atoms with van der Waals surface area (Å²) in [7, 11) is 0. The molecule has 0 saturated heterocycles. The van der Waals surface area contributed by atoms with Crippen LogP contribution in [0.15, 0.2) is 48.8 Å². The summed E-state index contributed by atoms with van der Waals surface area (Å²) in [6.45, 7) is 1.92. The monoisotopic (exact) mass is 285 g/mol. The molecule has 0 bridgehead atoms. The van der Waals surface area contributed by atoms with E-state index in [1.807, 2.05) is 23.7 Å². The summed E-state index contributed by atoms with van der Waals surface area (Å²) in [4.78, 5) is 16.5. The van der Waals surface area contributed by atoms with Crippen molar-refractivity contribution in [3.63, 3.8) is 0 Å². The lowest BCUT2D eigenvalue weighted by Crippen LogP contribution is -2.12. The molecular formula is C15H12ClN3O. The molecule has 100 valence electrons. The zero-order valence-corrected chi connectivity index (χ0v) is 11.6. The Kier molecular flexibility index (Phi) is 3.16. The van der Waals surface area contributed by atoms with Gasteiger partial charge in [0.15, 0.2) is 0 Å². The van der Waals surface area contributed by atoms with E-state index in [2.05, 4.69) is 10.3 Å². The highest BCUT2D eigenvalue weighted by molar-refractivity contribution is 6.30. The number of aromatic nitrogens is 2. The summed E-state index contributed by atoms with van der Waals surface area (Å²) in [6.07, 6.45) is 3.73. The van der Waals surface area contributed by atoms with E-state index in [9.17, 15) is 4.79 Å². The van der Waals surface area contributed by atoms with E-state index in [-0.39, 0.29) is 5.91 Å². The number of aryl methyl sites for hydroxylation is 1. The summed E-state index contributed by atoms with van der Waals surface area (Å²) in [6, 6.07) is 10.6. The van der Waals surface area contributed by atoms with Gasteiger partial charge in [0.05, 0.1) is 5.69 Å². The number of fused-ring (bicyclic) bond motifs is 1. The van der Waals surface area contributed by atoms with Crippen LogP contribution < -0.4 is 5.32 Å². The third-order valence-corrected chi connectivity index (χ3v) is 3.16. The normalized spacial score (nSPS) is 10.7. The molecule has 4 nitrogen and oxygen atoms in total. The van der Waals surface area contributed by atoms with Gasteiger partial charge in [-0.15, -0.1) is 0 Å². The second kappa shape index (κ2) is 4.98. The van der Waals surface area contributed by atoms with Crippen LogP contribution in [0.25, 0.3) is 5.65 Å². The highest BCUT2D eigenvalue weighted by atomic mass is 35.5. The summed E-state index contributed by atoms with van der Waals surface area (Å²) in [5.41, 5.74) is 2.89. The minimum absolute atomic E-state index is 0.185. The molecule has 0 saturated carbocycles. The summed E-state index contributed by atoms with van der Waals surface area (Å²) < 4.78 is 1.88. The number of halogens is 1. The minimum atomic E-state index is -0.185. The number of nitrogens with zero attached hydrogens (tertiary/aromatic N) is 2. The molecule has 0 aliphatic carbocycles. The Bertz CT molecular complexity index is 795. The van der Waals surface area contributed by atoms with E-state index in [1.54, 1.807) is 36.4 Å². The number of hydrogen-bond donors (Lipinski definition) is 1. The average Bonchev–Trinajstić information content (AvgIpc) is 2.77. The smallest absolute Gasteiger partial charge is 0.255 e. The Morgan fingerprint density at radius 1 is 1.30 bits per heavy atom. The lowest BCUT2D eigenvalue weighted by atomic mass is 10.2. The van der Waals surface area contributed by atoms with Crippen molar-refractivity contribution in [1.82, 2.24) is 9.38 Å². The number of rotatable bonds is 2. The zero-order valence-electron chi connectivity index (χ0n) is 10.8. The van der Waals surface area contributed by atoms with Gasteiger partial charge < -0.3 is 9.72 Å². The van der Waals surface area contributed by atoms with Gasteiger partial charge in [0.25, 0.3) is 5.91 Å². The second-order valence-corrected chi connectivity index (χ2v) is 4.96. The third-order valence-electron chi connectivity index (χ3n) is 2.93. The van der Waals surface area contributed by atoms with Gasteiger partial charge in [-0.1, -0.05) is 17.7 Å². The van der Waals surface area contributed by atoms with E-state index >= 15 is 0 Å². The maximum absolute atomic E-state index is 12.2. The van der Waals surface area contributed by atoms with Crippen LogP contribution in [-0.4, -0.2) is 15.3 Å². The summed E-state index contributed by atoms with van der Waals surface area (Å²) in [5.74, 6) is -0.185. The molecule has 0 unspecified atom stereocenters. The number of carbonyl (C=O) groups is 1. The molecule has 0 aliphatic heterocycles. The number of hydrogen-bond acceptors (Lipinski definition) is 2. The number of nitrogens with one attached hydrogen (secondary N) is 1. The van der Waals surface area contributed by atoms with Crippen molar-refractivity contribution in [2.75, 3.05) is 5.32 Å². The number of imidazole rings is 1. The van der Waals surface area contributed by atoms with Crippen LogP contribution in [0.4, 0.5) is 5.69 Å². The first-order valence-corrected chi connectivity index (χ1v) is 6.52. The van der Waals surface area contributed by atoms with Gasteiger partial charge in [-0.3, -0.25) is 4.79 Å². The molecular weight excluding hydrogens is 274 g/mol. The van der Waals surface area contributed by atoms with Crippen molar-refractivity contribution < 1.29 is 4.79 Å². The van der Waals surface area contributed by atoms with Crippen molar-refractivity contribution in [2.45, 2.75) is 6.92 Å². The first kappa shape index (κ1) is 12.7. The second-order valence-electron chi connectivity index (χ2n) is 4.53. The van der Waals surface area contributed by atoms with Gasteiger partial charge in [-0.2, -0.15) is 0 Å². The van der Waals surface area contributed by atoms with Crippen molar-refractivity contribution in [2.24, 2.45) is 0 Å². The molecule has 0 aliphatic rings. The lowest BCUT2D eigenvalue weighted by Gasteiger charge is -2.05. The topological polar surface area (TPSA) is 46.4 Å². The summed E-state index contributed by atoms with van der Waals surface area (Å²) >= 11 is 5.89. The van der Waals surface area contributed by atoms with E-state index in [0.717, 1.165) is 11.3 Å². The highest BCUT2D eigenvalue weighted by Crippen LogP contribution is 2.16. The van der Waals surface area contributed by atoms with E-state index in [1.165, 1.54) is 0 Å². The van der Waals surface area contributed by atoms with Gasteiger partial charge in [0, 0.05) is 28.7 Å². The number of pyridine rings is 1. The third kappa shape index (κ3) is 2.51. The van der Waals surface area contributed by atoms with Crippen molar-refractivity contribution >= 4 is 28.8 Å². The molecule has 5 heteroatoms. The molecule has 0 radical (unpaired) electrons. The zero-order chi connectivity index (χ0) is 14.1. The van der Waals surface area contributed by atoms with Crippen LogP contribution in [0.3, 0.4) is 0 Å². The Morgan fingerprint density at radius 2 is 2.15 bits per heavy atom. The largest absolute Gasteiger partial charge is 0.322 e. The summed E-state index contributed by atoms with van der Waals surface area (Å²) in [5, 5.41) is 3.40. The molecule has 2 aromatic heterocycles. The molecule has 0 spiro atoms. The number of amides is 1. The van der Waals surface area contributed by atoms with Gasteiger partial charge in [-0.05, 0) is 37.3 Å². The van der Waals surface area contributed by atoms with Crippen LogP contribution >= 0.6 is 11.6 Å². The molecule has 2 heterocycles. The van der Waals surface area contributed by atoms with Gasteiger partial charge in [0.1, 0.15) is 5.65 Å². The van der Waals surface area contributed by atoms with Crippen molar-refractivity contribution in [1.29, 1.82) is 0 Å². The molecule has 1 N–H and O–H groups in total. The van der Waals surface area contributed by atoms with E-state index in [4.69, 9.17) is 11.6 Å². The molecule has 0 fully saturated rings. The molecule has 1 amide bonds.